The minimum absolute atomic E-state index is 0.0979. The fourth-order valence-corrected chi connectivity index (χ4v) is 6.14. The van der Waals surface area contributed by atoms with Crippen molar-refractivity contribution >= 4 is 34.8 Å². The van der Waals surface area contributed by atoms with Gasteiger partial charge in [0, 0.05) is 22.0 Å². The standard InChI is InChI=1S/C32H14BF13N3/c34-29(35,36)17-7-9-19(23(12-17)31(40,41)42)16-11-22(20-10-8-18(30(37,38)39)13-24(20)32(43,44)45)27-47-28-21-5-1-3-15-4-2-6-25(26(15)21)49(28)33(46)48(27)14-16/h1-14H/q+1. The summed E-state index contributed by atoms with van der Waals surface area (Å²) < 4.78 is 185. The molecule has 0 aliphatic carbocycles. The first-order valence-electron chi connectivity index (χ1n) is 14.0. The monoisotopic (exact) mass is 698 g/mol. The highest BCUT2D eigenvalue weighted by Crippen LogP contribution is 2.46. The van der Waals surface area contributed by atoms with E-state index in [0.29, 0.717) is 51.0 Å². The van der Waals surface area contributed by atoms with Crippen LogP contribution in [-0.4, -0.2) is 11.7 Å². The van der Waals surface area contributed by atoms with E-state index in [9.17, 15) is 52.7 Å². The molecule has 3 nitrogen and oxygen atoms in total. The Morgan fingerprint density at radius 3 is 1.71 bits per heavy atom. The second-order valence-corrected chi connectivity index (χ2v) is 11.2. The summed E-state index contributed by atoms with van der Waals surface area (Å²) in [5.74, 6) is -0.599. The van der Waals surface area contributed by atoms with Crippen molar-refractivity contribution < 1.29 is 61.5 Å². The molecule has 7 rings (SSSR count). The van der Waals surface area contributed by atoms with E-state index >= 15 is 4.32 Å². The summed E-state index contributed by atoms with van der Waals surface area (Å²) in [5.41, 5.74) is -10.3. The van der Waals surface area contributed by atoms with E-state index in [1.807, 2.05) is 0 Å². The summed E-state index contributed by atoms with van der Waals surface area (Å²) in [7, 11) is -2.40. The zero-order chi connectivity index (χ0) is 35.4. The van der Waals surface area contributed by atoms with Gasteiger partial charge in [-0.25, -0.2) is 4.48 Å². The number of nitrogens with zero attached hydrogens (tertiary/aromatic N) is 3. The predicted octanol–water partition coefficient (Wildman–Crippen LogP) is 9.83. The van der Waals surface area contributed by atoms with Gasteiger partial charge in [0.2, 0.25) is 5.49 Å². The lowest BCUT2D eigenvalue weighted by Crippen LogP contribution is -2.58. The number of aromatic nitrogens is 2. The van der Waals surface area contributed by atoms with Crippen LogP contribution in [0.3, 0.4) is 0 Å². The van der Waals surface area contributed by atoms with Crippen molar-refractivity contribution in [2.24, 2.45) is 4.99 Å². The number of fused-ring (bicyclic) bond motifs is 4. The molecule has 0 N–H and O–H groups in total. The normalized spacial score (nSPS) is 13.9. The van der Waals surface area contributed by atoms with Crippen molar-refractivity contribution in [3.63, 3.8) is 0 Å². The second-order valence-electron chi connectivity index (χ2n) is 11.2. The van der Waals surface area contributed by atoms with Crippen LogP contribution in [0.2, 0.25) is 0 Å². The van der Waals surface area contributed by atoms with Crippen LogP contribution in [0, 0.1) is 0 Å². The largest absolute Gasteiger partial charge is 0.727 e. The van der Waals surface area contributed by atoms with Crippen LogP contribution in [0.1, 0.15) is 22.3 Å². The maximum absolute atomic E-state index is 16.8. The van der Waals surface area contributed by atoms with Gasteiger partial charge in [-0.3, -0.25) is 8.79 Å². The summed E-state index contributed by atoms with van der Waals surface area (Å²) in [6.07, 6.45) is -20.6. The molecule has 1 aliphatic rings. The van der Waals surface area contributed by atoms with E-state index in [1.54, 1.807) is 30.3 Å². The molecule has 17 heteroatoms. The SMILES string of the molecule is FB1n2c(c3cccc4cccc2c43)=Nc2c(-c3ccc(C(F)(F)F)cc3C(F)(F)F)cc(-c3ccc(C(F)(F)F)cc3C(F)(F)F)c[n+]21. The van der Waals surface area contributed by atoms with Crippen molar-refractivity contribution in [3.05, 3.63) is 113 Å². The van der Waals surface area contributed by atoms with Gasteiger partial charge in [0.15, 0.2) is 0 Å². The molecule has 4 aromatic carbocycles. The lowest BCUT2D eigenvalue weighted by Gasteiger charge is -2.20. The highest BCUT2D eigenvalue weighted by Gasteiger charge is 2.45. The Kier molecular flexibility index (Phi) is 6.93. The molecule has 49 heavy (non-hydrogen) atoms. The predicted molar refractivity (Wildman–Crippen MR) is 151 cm³/mol. The van der Waals surface area contributed by atoms with Crippen molar-refractivity contribution in [3.8, 4) is 22.3 Å². The van der Waals surface area contributed by atoms with Crippen LogP contribution in [0.15, 0.2) is 90.1 Å². The number of halogens is 13. The van der Waals surface area contributed by atoms with Gasteiger partial charge in [-0.1, -0.05) is 36.4 Å². The molecule has 0 unspecified atom stereocenters. The lowest BCUT2D eigenvalue weighted by molar-refractivity contribution is -0.535. The average Bonchev–Trinajstić information content (AvgIpc) is 3.34. The van der Waals surface area contributed by atoms with Gasteiger partial charge in [-0.2, -0.15) is 52.7 Å². The average molecular weight is 698 g/mol. The topological polar surface area (TPSA) is 21.2 Å². The fraction of sp³-hybridized carbons (Fsp3) is 0.125. The highest BCUT2D eigenvalue weighted by atomic mass is 19.4. The van der Waals surface area contributed by atoms with Gasteiger partial charge in [-0.15, -0.1) is 0 Å². The summed E-state index contributed by atoms with van der Waals surface area (Å²) >= 11 is 0. The van der Waals surface area contributed by atoms with E-state index in [-0.39, 0.29) is 23.1 Å². The van der Waals surface area contributed by atoms with Gasteiger partial charge in [0.05, 0.1) is 39.4 Å². The third-order valence-corrected chi connectivity index (χ3v) is 8.23. The molecule has 0 radical (unpaired) electrons. The molecular weight excluding hydrogens is 684 g/mol. The first-order valence-corrected chi connectivity index (χ1v) is 14.0. The Labute approximate surface area is 265 Å². The van der Waals surface area contributed by atoms with E-state index in [2.05, 4.69) is 4.99 Å². The van der Waals surface area contributed by atoms with E-state index in [0.717, 1.165) is 10.7 Å². The Balaban J connectivity index is 1.61. The number of benzene rings is 4. The molecule has 1 aliphatic heterocycles. The first kappa shape index (κ1) is 32.5. The van der Waals surface area contributed by atoms with Gasteiger partial charge in [-0.05, 0) is 58.4 Å². The maximum atomic E-state index is 16.8. The quantitative estimate of drug-likeness (QED) is 0.127. The zero-order valence-corrected chi connectivity index (χ0v) is 23.9. The molecule has 0 saturated carbocycles. The summed E-state index contributed by atoms with van der Waals surface area (Å²) in [6.45, 7) is 0. The van der Waals surface area contributed by atoms with Crippen LogP contribution < -0.4 is 9.97 Å². The van der Waals surface area contributed by atoms with Gasteiger partial charge >= 0.3 is 37.8 Å². The molecule has 0 spiro atoms. The lowest BCUT2D eigenvalue weighted by atomic mass is 9.90. The van der Waals surface area contributed by atoms with Crippen LogP contribution >= 0.6 is 0 Å². The molecule has 0 saturated heterocycles. The number of hydrogen-bond donors (Lipinski definition) is 0. The maximum Gasteiger partial charge on any atom is 0.727 e. The van der Waals surface area contributed by atoms with E-state index < -0.39 is 82.3 Å². The molecule has 0 amide bonds. The minimum atomic E-state index is -5.46. The van der Waals surface area contributed by atoms with Gasteiger partial charge in [0.1, 0.15) is 0 Å². The second kappa shape index (κ2) is 10.5. The van der Waals surface area contributed by atoms with Crippen molar-refractivity contribution in [2.45, 2.75) is 24.7 Å². The van der Waals surface area contributed by atoms with E-state index in [1.165, 1.54) is 6.07 Å². The summed E-state index contributed by atoms with van der Waals surface area (Å²) in [6, 6.07) is 11.4. The van der Waals surface area contributed by atoms with E-state index in [4.69, 9.17) is 0 Å². The number of pyridine rings is 1. The van der Waals surface area contributed by atoms with Crippen LogP contribution in [0.25, 0.3) is 43.9 Å². The van der Waals surface area contributed by atoms with Crippen LogP contribution in [-0.2, 0) is 24.7 Å². The Morgan fingerprint density at radius 1 is 0.592 bits per heavy atom. The molecular formula is C32H14BF13N3+. The molecule has 250 valence electrons. The molecule has 6 aromatic rings. The van der Waals surface area contributed by atoms with Gasteiger partial charge in [0.25, 0.3) is 0 Å². The fourth-order valence-electron chi connectivity index (χ4n) is 6.14. The minimum Gasteiger partial charge on any atom is -0.274 e. The molecule has 3 heterocycles. The first-order chi connectivity index (χ1) is 22.7. The number of rotatable bonds is 2. The van der Waals surface area contributed by atoms with Crippen molar-refractivity contribution in [1.82, 2.24) is 4.48 Å². The van der Waals surface area contributed by atoms with Gasteiger partial charge < -0.3 is 0 Å². The Hall–Kier alpha value is -5.09. The van der Waals surface area contributed by atoms with Crippen LogP contribution in [0.4, 0.5) is 62.8 Å². The molecule has 2 aromatic heterocycles. The highest BCUT2D eigenvalue weighted by molar-refractivity contribution is 6.42. The Bertz CT molecular complexity index is 2360. The third-order valence-electron chi connectivity index (χ3n) is 8.23. The number of alkyl halides is 12. The number of hydrogen-bond acceptors (Lipinski definition) is 1. The summed E-state index contributed by atoms with van der Waals surface area (Å²) in [4.78, 5) is 4.43. The molecule has 0 atom stereocenters. The molecule has 0 bridgehead atoms. The third kappa shape index (κ3) is 5.26. The zero-order valence-electron chi connectivity index (χ0n) is 23.9. The molecule has 0 fully saturated rings. The summed E-state index contributed by atoms with van der Waals surface area (Å²) in [5, 5.41) is 1.47. The van der Waals surface area contributed by atoms with Crippen LogP contribution in [0.5, 0.6) is 0 Å². The Morgan fingerprint density at radius 2 is 1.14 bits per heavy atom. The van der Waals surface area contributed by atoms with Crippen molar-refractivity contribution in [2.75, 3.05) is 0 Å². The van der Waals surface area contributed by atoms with Crippen molar-refractivity contribution in [1.29, 1.82) is 0 Å². The smallest absolute Gasteiger partial charge is 0.274 e.